The van der Waals surface area contributed by atoms with Crippen LogP contribution in [0, 0.1) is 0 Å². The zero-order valence-electron chi connectivity index (χ0n) is 20.4. The molecule has 4 atom stereocenters. The van der Waals surface area contributed by atoms with Gasteiger partial charge in [0.1, 0.15) is 10.7 Å². The molecule has 3 aromatic heterocycles. The molecule has 0 radical (unpaired) electrons. The second kappa shape index (κ2) is 7.92. The molecule has 0 fully saturated rings. The minimum absolute atomic E-state index is 0.225. The lowest BCUT2D eigenvalue weighted by molar-refractivity contribution is 0.869. The lowest BCUT2D eigenvalue weighted by atomic mass is 10.1. The van der Waals surface area contributed by atoms with Crippen LogP contribution in [0.3, 0.4) is 0 Å². The van der Waals surface area contributed by atoms with Crippen LogP contribution in [0.5, 0.6) is 0 Å². The molecule has 3 nitrogen and oxygen atoms in total. The van der Waals surface area contributed by atoms with Gasteiger partial charge in [-0.3, -0.25) is 0 Å². The second-order valence-electron chi connectivity index (χ2n) is 10.2. The summed E-state index contributed by atoms with van der Waals surface area (Å²) in [6.45, 7) is 0. The fourth-order valence-electron chi connectivity index (χ4n) is 6.44. The Balaban J connectivity index is 1.34. The molecule has 9 rings (SSSR count). The van der Waals surface area contributed by atoms with Crippen LogP contribution in [0.2, 0.25) is 0 Å². The molecule has 0 saturated heterocycles. The quantitative estimate of drug-likeness (QED) is 0.230. The number of para-hydroxylation sites is 2. The Hall–Kier alpha value is -3.67. The summed E-state index contributed by atoms with van der Waals surface area (Å²) in [6.07, 6.45) is 22.6. The average Bonchev–Trinajstić information content (AvgIpc) is 3.71. The number of pyridine rings is 1. The fraction of sp³-hybridized carbons (Fsp3) is 0.121. The van der Waals surface area contributed by atoms with Crippen molar-refractivity contribution >= 4 is 67.4 Å². The van der Waals surface area contributed by atoms with Crippen LogP contribution in [0.25, 0.3) is 43.9 Å². The van der Waals surface area contributed by atoms with Gasteiger partial charge in [0.15, 0.2) is 0 Å². The largest absolute Gasteiger partial charge is 0.323 e. The van der Waals surface area contributed by atoms with Crippen LogP contribution in [0.4, 0.5) is 0 Å². The van der Waals surface area contributed by atoms with Crippen LogP contribution in [0.1, 0.15) is 10.7 Å². The second-order valence-corrected chi connectivity index (χ2v) is 12.7. The van der Waals surface area contributed by atoms with Gasteiger partial charge >= 0.3 is 0 Å². The van der Waals surface area contributed by atoms with Gasteiger partial charge in [-0.15, -0.1) is 23.5 Å². The van der Waals surface area contributed by atoms with Crippen molar-refractivity contribution in [3.63, 3.8) is 0 Å². The van der Waals surface area contributed by atoms with Crippen molar-refractivity contribution in [1.29, 1.82) is 0 Å². The SMILES string of the molecule is C1=CC2=CC(n3c4ccccc4c4nc5c6ccccc6n(C6C=C7C=CC=CC7S6)c5cc43)SC2C=C1. The standard InChI is InChI=1S/C33H23N3S2/c1-7-15-28-20(9-1)17-30(37-28)35-24-13-5-3-11-22(24)32-26(35)19-27-33(34-32)23-12-4-6-14-25(23)36(27)31-18-21-10-2-8-16-29(21)38-31/h1-19,28-31H. The highest BCUT2D eigenvalue weighted by atomic mass is 32.2. The van der Waals surface area contributed by atoms with E-state index in [0.717, 1.165) is 11.0 Å². The number of benzene rings is 2. The molecule has 2 aliphatic heterocycles. The molecular formula is C33H23N3S2. The van der Waals surface area contributed by atoms with E-state index in [1.165, 1.54) is 44.0 Å². The molecule has 4 unspecified atom stereocenters. The molecule has 5 heterocycles. The van der Waals surface area contributed by atoms with Crippen molar-refractivity contribution in [3.05, 3.63) is 127 Å². The van der Waals surface area contributed by atoms with E-state index < -0.39 is 0 Å². The van der Waals surface area contributed by atoms with Gasteiger partial charge in [-0.25, -0.2) is 4.98 Å². The summed E-state index contributed by atoms with van der Waals surface area (Å²) in [5.41, 5.74) is 9.88. The molecule has 0 N–H and O–H groups in total. The molecule has 2 aliphatic carbocycles. The molecule has 5 aromatic rings. The summed E-state index contributed by atoms with van der Waals surface area (Å²) >= 11 is 4.01. The summed E-state index contributed by atoms with van der Waals surface area (Å²) in [6, 6.07) is 19.9. The predicted molar refractivity (Wildman–Crippen MR) is 164 cm³/mol. The molecule has 4 aliphatic rings. The Morgan fingerprint density at radius 2 is 1.08 bits per heavy atom. The summed E-state index contributed by atoms with van der Waals surface area (Å²) < 4.78 is 5.03. The zero-order valence-corrected chi connectivity index (χ0v) is 22.1. The van der Waals surface area contributed by atoms with Crippen LogP contribution >= 0.6 is 23.5 Å². The van der Waals surface area contributed by atoms with E-state index >= 15 is 0 Å². The van der Waals surface area contributed by atoms with E-state index in [2.05, 4.69) is 124 Å². The third-order valence-corrected chi connectivity index (χ3v) is 10.8. The number of allylic oxidation sites excluding steroid dienone is 6. The number of nitrogens with zero attached hydrogens (tertiary/aromatic N) is 3. The first-order valence-electron chi connectivity index (χ1n) is 13.1. The molecule has 0 amide bonds. The Kier molecular flexibility index (Phi) is 4.43. The van der Waals surface area contributed by atoms with Gasteiger partial charge in [0, 0.05) is 10.8 Å². The van der Waals surface area contributed by atoms with E-state index in [1.807, 2.05) is 23.5 Å². The Labute approximate surface area is 228 Å². The maximum Gasteiger partial charge on any atom is 0.100 e. The zero-order chi connectivity index (χ0) is 24.8. The van der Waals surface area contributed by atoms with Gasteiger partial charge < -0.3 is 9.13 Å². The van der Waals surface area contributed by atoms with Crippen molar-refractivity contribution < 1.29 is 0 Å². The van der Waals surface area contributed by atoms with Crippen molar-refractivity contribution in [2.75, 3.05) is 0 Å². The van der Waals surface area contributed by atoms with Gasteiger partial charge in [0.2, 0.25) is 0 Å². The van der Waals surface area contributed by atoms with Crippen LogP contribution in [-0.2, 0) is 0 Å². The smallest absolute Gasteiger partial charge is 0.100 e. The maximum absolute atomic E-state index is 5.44. The summed E-state index contributed by atoms with van der Waals surface area (Å²) in [5.74, 6) is 0. The molecule has 2 aromatic carbocycles. The van der Waals surface area contributed by atoms with Crippen molar-refractivity contribution in [1.82, 2.24) is 14.1 Å². The van der Waals surface area contributed by atoms with Gasteiger partial charge in [0.25, 0.3) is 0 Å². The van der Waals surface area contributed by atoms with E-state index in [4.69, 9.17) is 4.98 Å². The first kappa shape index (κ1) is 21.3. The van der Waals surface area contributed by atoms with Gasteiger partial charge in [-0.1, -0.05) is 85.0 Å². The summed E-state index contributed by atoms with van der Waals surface area (Å²) in [5, 5.41) is 3.72. The Bertz CT molecular complexity index is 1870. The predicted octanol–water partition coefficient (Wildman–Crippen LogP) is 8.63. The van der Waals surface area contributed by atoms with Gasteiger partial charge in [-0.2, -0.15) is 0 Å². The third-order valence-electron chi connectivity index (χ3n) is 8.12. The molecule has 0 spiro atoms. The minimum atomic E-state index is 0.225. The highest BCUT2D eigenvalue weighted by molar-refractivity contribution is 8.01. The number of thioether (sulfide) groups is 2. The Morgan fingerprint density at radius 3 is 1.58 bits per heavy atom. The van der Waals surface area contributed by atoms with Crippen molar-refractivity contribution in [3.8, 4) is 0 Å². The number of hydrogen-bond donors (Lipinski definition) is 0. The van der Waals surface area contributed by atoms with E-state index in [-0.39, 0.29) is 10.7 Å². The lowest BCUT2D eigenvalue weighted by Gasteiger charge is -2.17. The summed E-state index contributed by atoms with van der Waals surface area (Å²) in [4.78, 5) is 5.44. The molecule has 182 valence electrons. The third kappa shape index (κ3) is 2.92. The normalized spacial score (nSPS) is 25.6. The molecule has 38 heavy (non-hydrogen) atoms. The van der Waals surface area contributed by atoms with E-state index in [1.54, 1.807) is 0 Å². The van der Waals surface area contributed by atoms with Crippen molar-refractivity contribution in [2.45, 2.75) is 21.2 Å². The topological polar surface area (TPSA) is 22.8 Å². The van der Waals surface area contributed by atoms with Crippen LogP contribution < -0.4 is 0 Å². The highest BCUT2D eigenvalue weighted by Crippen LogP contribution is 2.49. The van der Waals surface area contributed by atoms with Crippen molar-refractivity contribution in [2.24, 2.45) is 0 Å². The van der Waals surface area contributed by atoms with Gasteiger partial charge in [0.05, 0.1) is 43.6 Å². The van der Waals surface area contributed by atoms with Crippen LogP contribution in [0.15, 0.2) is 127 Å². The monoisotopic (exact) mass is 525 g/mol. The molecule has 0 bridgehead atoms. The van der Waals surface area contributed by atoms with E-state index in [9.17, 15) is 0 Å². The summed E-state index contributed by atoms with van der Waals surface area (Å²) in [7, 11) is 0. The maximum atomic E-state index is 5.44. The lowest BCUT2D eigenvalue weighted by Crippen LogP contribution is -2.04. The average molecular weight is 526 g/mol. The van der Waals surface area contributed by atoms with E-state index in [0.29, 0.717) is 10.5 Å². The minimum Gasteiger partial charge on any atom is -0.323 e. The fourth-order valence-corrected chi connectivity index (χ4v) is 9.20. The highest BCUT2D eigenvalue weighted by Gasteiger charge is 2.31. The molecule has 0 saturated carbocycles. The Morgan fingerprint density at radius 1 is 0.579 bits per heavy atom. The number of aromatic nitrogens is 3. The molecule has 5 heteroatoms. The first-order chi connectivity index (χ1) is 18.8. The number of hydrogen-bond acceptors (Lipinski definition) is 3. The number of fused-ring (bicyclic) bond motifs is 8. The number of rotatable bonds is 2. The van der Waals surface area contributed by atoms with Gasteiger partial charge in [-0.05, 0) is 41.5 Å². The first-order valence-corrected chi connectivity index (χ1v) is 15.0. The molecular weight excluding hydrogens is 503 g/mol. The van der Waals surface area contributed by atoms with Crippen LogP contribution in [-0.4, -0.2) is 24.6 Å².